The van der Waals surface area contributed by atoms with Crippen molar-refractivity contribution in [1.29, 1.82) is 0 Å². The molecule has 0 aliphatic carbocycles. The normalized spacial score (nSPS) is 11.2. The molecule has 5 nitrogen and oxygen atoms in total. The molecule has 132 valence electrons. The molecule has 0 bridgehead atoms. The second-order valence-electron chi connectivity index (χ2n) is 4.78. The van der Waals surface area contributed by atoms with Gasteiger partial charge in [-0.15, -0.1) is 0 Å². The van der Waals surface area contributed by atoms with Crippen LogP contribution >= 0.6 is 11.8 Å². The van der Waals surface area contributed by atoms with Crippen LogP contribution in [0.4, 0.5) is 18.9 Å². The standard InChI is InChI=1S/C16H12F3NO4S/c1-2-24-15(21)10-3-8-14(13(9-10)16(17,18)19)25-12-6-4-11(5-7-12)20(22)23/h3-9H,2H2,1H3. The maximum absolute atomic E-state index is 13.3. The van der Waals surface area contributed by atoms with Gasteiger partial charge in [0.15, 0.2) is 0 Å². The van der Waals surface area contributed by atoms with E-state index in [-0.39, 0.29) is 22.8 Å². The monoisotopic (exact) mass is 371 g/mol. The van der Waals surface area contributed by atoms with Gasteiger partial charge in [0, 0.05) is 21.9 Å². The van der Waals surface area contributed by atoms with Crippen LogP contribution in [-0.2, 0) is 10.9 Å². The fraction of sp³-hybridized carbons (Fsp3) is 0.188. The third-order valence-electron chi connectivity index (χ3n) is 3.07. The highest BCUT2D eigenvalue weighted by Crippen LogP contribution is 2.40. The first-order valence-electron chi connectivity index (χ1n) is 7.03. The molecular weight excluding hydrogens is 359 g/mol. The van der Waals surface area contributed by atoms with E-state index < -0.39 is 22.6 Å². The van der Waals surface area contributed by atoms with Gasteiger partial charge in [0.2, 0.25) is 0 Å². The molecule has 2 aromatic rings. The Morgan fingerprint density at radius 2 is 1.84 bits per heavy atom. The van der Waals surface area contributed by atoms with Crippen molar-refractivity contribution >= 4 is 23.4 Å². The average Bonchev–Trinajstić information content (AvgIpc) is 2.55. The molecule has 0 saturated heterocycles. The Morgan fingerprint density at radius 1 is 1.20 bits per heavy atom. The van der Waals surface area contributed by atoms with Gasteiger partial charge in [0.05, 0.1) is 22.7 Å². The van der Waals surface area contributed by atoms with E-state index in [1.165, 1.54) is 36.4 Å². The third kappa shape index (κ3) is 4.72. The Hall–Kier alpha value is -2.55. The summed E-state index contributed by atoms with van der Waals surface area (Å²) in [6.45, 7) is 1.61. The predicted octanol–water partition coefficient (Wildman–Crippen LogP) is 4.94. The fourth-order valence-corrected chi connectivity index (χ4v) is 2.89. The van der Waals surface area contributed by atoms with Crippen molar-refractivity contribution in [2.75, 3.05) is 6.61 Å². The van der Waals surface area contributed by atoms with Gasteiger partial charge in [-0.1, -0.05) is 11.8 Å². The summed E-state index contributed by atoms with van der Waals surface area (Å²) in [5.74, 6) is -0.833. The van der Waals surface area contributed by atoms with E-state index in [4.69, 9.17) is 4.74 Å². The molecule has 2 rings (SSSR count). The van der Waals surface area contributed by atoms with Crippen molar-refractivity contribution in [2.45, 2.75) is 22.9 Å². The molecule has 0 radical (unpaired) electrons. The van der Waals surface area contributed by atoms with Crippen LogP contribution in [0.5, 0.6) is 0 Å². The molecule has 0 spiro atoms. The molecular formula is C16H12F3NO4S. The van der Waals surface area contributed by atoms with Gasteiger partial charge < -0.3 is 4.74 Å². The Kier molecular flexibility index (Phi) is 5.68. The second-order valence-corrected chi connectivity index (χ2v) is 5.90. The van der Waals surface area contributed by atoms with Crippen LogP contribution in [0.15, 0.2) is 52.3 Å². The van der Waals surface area contributed by atoms with Crippen LogP contribution in [-0.4, -0.2) is 17.5 Å². The number of nitro benzene ring substituents is 1. The molecule has 0 saturated carbocycles. The number of hydrogen-bond acceptors (Lipinski definition) is 5. The van der Waals surface area contributed by atoms with Crippen LogP contribution in [0.25, 0.3) is 0 Å². The molecule has 0 aliphatic heterocycles. The SMILES string of the molecule is CCOC(=O)c1ccc(Sc2ccc([N+](=O)[O-])cc2)c(C(F)(F)F)c1. The van der Waals surface area contributed by atoms with Gasteiger partial charge in [-0.2, -0.15) is 13.2 Å². The van der Waals surface area contributed by atoms with E-state index in [0.29, 0.717) is 4.90 Å². The van der Waals surface area contributed by atoms with Gasteiger partial charge in [-0.05, 0) is 37.3 Å². The number of nitrogens with zero attached hydrogens (tertiary/aromatic N) is 1. The summed E-state index contributed by atoms with van der Waals surface area (Å²) in [6, 6.07) is 8.32. The van der Waals surface area contributed by atoms with Gasteiger partial charge in [0.1, 0.15) is 0 Å². The molecule has 2 aromatic carbocycles. The molecule has 25 heavy (non-hydrogen) atoms. The minimum Gasteiger partial charge on any atom is -0.462 e. The summed E-state index contributed by atoms with van der Waals surface area (Å²) in [5.41, 5.74) is -1.32. The number of esters is 1. The Bertz CT molecular complexity index is 791. The third-order valence-corrected chi connectivity index (χ3v) is 4.16. The summed E-state index contributed by atoms with van der Waals surface area (Å²) in [4.78, 5) is 21.9. The van der Waals surface area contributed by atoms with E-state index in [1.807, 2.05) is 0 Å². The molecule has 0 N–H and O–H groups in total. The molecule has 0 atom stereocenters. The molecule has 0 aliphatic rings. The number of carbonyl (C=O) groups excluding carboxylic acids is 1. The van der Waals surface area contributed by atoms with E-state index in [2.05, 4.69) is 0 Å². The van der Waals surface area contributed by atoms with Crippen molar-refractivity contribution in [2.24, 2.45) is 0 Å². The highest BCUT2D eigenvalue weighted by atomic mass is 32.2. The van der Waals surface area contributed by atoms with Crippen molar-refractivity contribution in [3.63, 3.8) is 0 Å². The molecule has 0 fully saturated rings. The van der Waals surface area contributed by atoms with Gasteiger partial charge in [0.25, 0.3) is 5.69 Å². The van der Waals surface area contributed by atoms with Crippen LogP contribution < -0.4 is 0 Å². The van der Waals surface area contributed by atoms with Crippen LogP contribution in [0.3, 0.4) is 0 Å². The Morgan fingerprint density at radius 3 is 2.36 bits per heavy atom. The Balaban J connectivity index is 2.36. The molecule has 0 unspecified atom stereocenters. The van der Waals surface area contributed by atoms with E-state index in [1.54, 1.807) is 6.92 Å². The molecule has 0 aromatic heterocycles. The number of rotatable bonds is 5. The van der Waals surface area contributed by atoms with Crippen molar-refractivity contribution in [3.05, 3.63) is 63.7 Å². The smallest absolute Gasteiger partial charge is 0.417 e. The topological polar surface area (TPSA) is 69.4 Å². The number of carbonyl (C=O) groups is 1. The number of alkyl halides is 3. The summed E-state index contributed by atoms with van der Waals surface area (Å²) >= 11 is 0.801. The second kappa shape index (κ2) is 7.56. The van der Waals surface area contributed by atoms with Crippen LogP contribution in [0.1, 0.15) is 22.8 Å². The quantitative estimate of drug-likeness (QED) is 0.423. The summed E-state index contributed by atoms with van der Waals surface area (Å²) < 4.78 is 44.6. The van der Waals surface area contributed by atoms with Crippen LogP contribution in [0, 0.1) is 10.1 Å². The van der Waals surface area contributed by atoms with Crippen molar-refractivity contribution < 1.29 is 27.6 Å². The van der Waals surface area contributed by atoms with E-state index >= 15 is 0 Å². The first kappa shape index (κ1) is 18.8. The first-order valence-corrected chi connectivity index (χ1v) is 7.84. The zero-order valence-electron chi connectivity index (χ0n) is 12.9. The number of nitro groups is 1. The number of halogens is 3. The van der Waals surface area contributed by atoms with E-state index in [0.717, 1.165) is 17.8 Å². The first-order chi connectivity index (χ1) is 11.7. The average molecular weight is 371 g/mol. The predicted molar refractivity (Wildman–Crippen MR) is 84.6 cm³/mol. The summed E-state index contributed by atoms with van der Waals surface area (Å²) in [5, 5.41) is 10.6. The Labute approximate surface area is 144 Å². The zero-order valence-corrected chi connectivity index (χ0v) is 13.7. The van der Waals surface area contributed by atoms with Gasteiger partial charge >= 0.3 is 12.1 Å². The fourth-order valence-electron chi connectivity index (χ4n) is 1.94. The molecule has 9 heteroatoms. The molecule has 0 amide bonds. The highest BCUT2D eigenvalue weighted by molar-refractivity contribution is 7.99. The van der Waals surface area contributed by atoms with Crippen molar-refractivity contribution in [1.82, 2.24) is 0 Å². The van der Waals surface area contributed by atoms with Gasteiger partial charge in [-0.3, -0.25) is 10.1 Å². The minimum absolute atomic E-state index is 0.0550. The lowest BCUT2D eigenvalue weighted by molar-refractivity contribution is -0.384. The van der Waals surface area contributed by atoms with E-state index in [9.17, 15) is 28.1 Å². The van der Waals surface area contributed by atoms with Gasteiger partial charge in [-0.25, -0.2) is 4.79 Å². The number of benzene rings is 2. The van der Waals surface area contributed by atoms with Crippen molar-refractivity contribution in [3.8, 4) is 0 Å². The summed E-state index contributed by atoms with van der Waals surface area (Å²) in [7, 11) is 0. The largest absolute Gasteiger partial charge is 0.462 e. The lowest BCUT2D eigenvalue weighted by atomic mass is 10.1. The summed E-state index contributed by atoms with van der Waals surface area (Å²) in [6.07, 6.45) is -4.66. The van der Waals surface area contributed by atoms with Crippen LogP contribution in [0.2, 0.25) is 0 Å². The maximum Gasteiger partial charge on any atom is 0.417 e. The number of non-ortho nitro benzene ring substituents is 1. The lowest BCUT2D eigenvalue weighted by Crippen LogP contribution is -2.11. The zero-order chi connectivity index (χ0) is 18.6. The molecule has 0 heterocycles. The number of ether oxygens (including phenoxy) is 1. The lowest BCUT2D eigenvalue weighted by Gasteiger charge is -2.14. The maximum atomic E-state index is 13.3. The highest BCUT2D eigenvalue weighted by Gasteiger charge is 2.34. The minimum atomic E-state index is -4.66. The number of hydrogen-bond donors (Lipinski definition) is 0.